The summed E-state index contributed by atoms with van der Waals surface area (Å²) in [6, 6.07) is 14.1. The molecular formula is C22H19BrFN3O3. The number of hydrogen-bond acceptors (Lipinski definition) is 4. The fourth-order valence-electron chi connectivity index (χ4n) is 2.59. The topological polar surface area (TPSA) is 80.3 Å². The molecule has 0 saturated heterocycles. The molecule has 0 fully saturated rings. The number of amides is 2. The number of anilines is 2. The summed E-state index contributed by atoms with van der Waals surface area (Å²) in [6.45, 7) is 3.52. The lowest BCUT2D eigenvalue weighted by Gasteiger charge is -2.18. The molecule has 30 heavy (non-hydrogen) atoms. The number of carbonyl (C=O) groups is 2. The third-order valence-corrected chi connectivity index (χ3v) is 4.77. The lowest BCUT2D eigenvalue weighted by molar-refractivity contribution is -0.122. The van der Waals surface area contributed by atoms with Crippen molar-refractivity contribution in [3.8, 4) is 5.75 Å². The van der Waals surface area contributed by atoms with Crippen molar-refractivity contribution in [3.63, 3.8) is 0 Å². The minimum atomic E-state index is -0.869. The van der Waals surface area contributed by atoms with Crippen LogP contribution in [0.4, 0.5) is 15.8 Å². The Morgan fingerprint density at radius 3 is 2.57 bits per heavy atom. The predicted octanol–water partition coefficient (Wildman–Crippen LogP) is 4.95. The highest BCUT2D eigenvalue weighted by Gasteiger charge is 2.19. The number of halogens is 2. The van der Waals surface area contributed by atoms with E-state index in [1.54, 1.807) is 31.2 Å². The van der Waals surface area contributed by atoms with Gasteiger partial charge in [0, 0.05) is 6.20 Å². The van der Waals surface area contributed by atoms with Gasteiger partial charge in [-0.15, -0.1) is 0 Å². The third-order valence-electron chi connectivity index (χ3n) is 4.15. The van der Waals surface area contributed by atoms with Gasteiger partial charge in [0.1, 0.15) is 17.3 Å². The Bertz CT molecular complexity index is 1080. The number of nitrogens with one attached hydrogen (secondary N) is 2. The Morgan fingerprint density at radius 1 is 1.07 bits per heavy atom. The number of ether oxygens (including phenoxy) is 1. The molecule has 1 atom stereocenters. The number of aryl methyl sites for hydroxylation is 1. The van der Waals surface area contributed by atoms with Crippen LogP contribution in [-0.2, 0) is 4.79 Å². The van der Waals surface area contributed by atoms with Gasteiger partial charge in [0.25, 0.3) is 11.8 Å². The fourth-order valence-corrected chi connectivity index (χ4v) is 3.18. The summed E-state index contributed by atoms with van der Waals surface area (Å²) >= 11 is 3.40. The molecule has 1 unspecified atom stereocenters. The predicted molar refractivity (Wildman–Crippen MR) is 116 cm³/mol. The quantitative estimate of drug-likeness (QED) is 0.532. The molecule has 2 aromatic carbocycles. The van der Waals surface area contributed by atoms with E-state index in [0.717, 1.165) is 16.1 Å². The Kier molecular flexibility index (Phi) is 6.79. The zero-order valence-corrected chi connectivity index (χ0v) is 17.9. The highest BCUT2D eigenvalue weighted by molar-refractivity contribution is 9.10. The van der Waals surface area contributed by atoms with Gasteiger partial charge in [-0.3, -0.25) is 14.6 Å². The first-order valence-electron chi connectivity index (χ1n) is 9.09. The molecular weight excluding hydrogens is 453 g/mol. The van der Waals surface area contributed by atoms with E-state index in [4.69, 9.17) is 4.74 Å². The largest absolute Gasteiger partial charge is 0.480 e. The van der Waals surface area contributed by atoms with Crippen molar-refractivity contribution in [2.75, 3.05) is 10.6 Å². The second kappa shape index (κ2) is 9.49. The van der Waals surface area contributed by atoms with Gasteiger partial charge in [-0.1, -0.05) is 12.1 Å². The zero-order valence-electron chi connectivity index (χ0n) is 16.3. The standard InChI is InChI=1S/C22H19BrFN3O3/c1-13-6-9-20(16(23)11-13)30-14(2)21(28)27-19-12-15(24)7-8-17(19)26-22(29)18-5-3-4-10-25-18/h3-12,14H,1-2H3,(H,26,29)(H,27,28). The van der Waals surface area contributed by atoms with Gasteiger partial charge in [0.05, 0.1) is 15.8 Å². The SMILES string of the molecule is Cc1ccc(OC(C)C(=O)Nc2cc(F)ccc2NC(=O)c2ccccn2)c(Br)c1. The van der Waals surface area contributed by atoms with E-state index < -0.39 is 23.7 Å². The first-order chi connectivity index (χ1) is 14.3. The maximum absolute atomic E-state index is 13.8. The maximum Gasteiger partial charge on any atom is 0.274 e. The summed E-state index contributed by atoms with van der Waals surface area (Å²) in [5, 5.41) is 5.24. The van der Waals surface area contributed by atoms with Crippen molar-refractivity contribution in [2.45, 2.75) is 20.0 Å². The molecule has 0 bridgehead atoms. The van der Waals surface area contributed by atoms with Gasteiger partial charge >= 0.3 is 0 Å². The maximum atomic E-state index is 13.8. The molecule has 0 aliphatic carbocycles. The van der Waals surface area contributed by atoms with Gasteiger partial charge < -0.3 is 15.4 Å². The molecule has 1 heterocycles. The summed E-state index contributed by atoms with van der Waals surface area (Å²) in [4.78, 5) is 29.0. The number of aromatic nitrogens is 1. The van der Waals surface area contributed by atoms with Gasteiger partial charge in [-0.25, -0.2) is 4.39 Å². The molecule has 3 rings (SSSR count). The van der Waals surface area contributed by atoms with E-state index in [9.17, 15) is 14.0 Å². The van der Waals surface area contributed by atoms with E-state index in [1.807, 2.05) is 19.1 Å². The molecule has 2 amide bonds. The zero-order chi connectivity index (χ0) is 21.7. The molecule has 0 radical (unpaired) electrons. The van der Waals surface area contributed by atoms with Crippen molar-refractivity contribution < 1.29 is 18.7 Å². The number of benzene rings is 2. The van der Waals surface area contributed by atoms with E-state index in [1.165, 1.54) is 18.3 Å². The van der Waals surface area contributed by atoms with E-state index >= 15 is 0 Å². The molecule has 0 saturated carbocycles. The molecule has 0 aliphatic rings. The Balaban J connectivity index is 1.74. The van der Waals surface area contributed by atoms with Crippen LogP contribution in [0.1, 0.15) is 23.0 Å². The van der Waals surface area contributed by atoms with Crippen LogP contribution in [0.3, 0.4) is 0 Å². The highest BCUT2D eigenvalue weighted by atomic mass is 79.9. The van der Waals surface area contributed by atoms with Gasteiger partial charge in [0.15, 0.2) is 6.10 Å². The first-order valence-corrected chi connectivity index (χ1v) is 9.88. The number of hydrogen-bond donors (Lipinski definition) is 2. The molecule has 1 aromatic heterocycles. The van der Waals surface area contributed by atoms with Crippen molar-refractivity contribution >= 4 is 39.1 Å². The van der Waals surface area contributed by atoms with Crippen LogP contribution in [-0.4, -0.2) is 22.9 Å². The Morgan fingerprint density at radius 2 is 1.87 bits per heavy atom. The van der Waals surface area contributed by atoms with Gasteiger partial charge in [0.2, 0.25) is 0 Å². The monoisotopic (exact) mass is 471 g/mol. The van der Waals surface area contributed by atoms with E-state index in [0.29, 0.717) is 5.75 Å². The van der Waals surface area contributed by atoms with E-state index in [-0.39, 0.29) is 17.1 Å². The van der Waals surface area contributed by atoms with Gasteiger partial charge in [-0.2, -0.15) is 0 Å². The molecule has 8 heteroatoms. The van der Waals surface area contributed by atoms with Crippen LogP contribution in [0.25, 0.3) is 0 Å². The van der Waals surface area contributed by atoms with Crippen LogP contribution in [0, 0.1) is 12.7 Å². The summed E-state index contributed by atoms with van der Waals surface area (Å²) in [6.07, 6.45) is 0.622. The average molecular weight is 472 g/mol. The van der Waals surface area contributed by atoms with E-state index in [2.05, 4.69) is 31.5 Å². The Hall–Kier alpha value is -3.26. The van der Waals surface area contributed by atoms with Crippen molar-refractivity contribution in [3.05, 3.63) is 82.3 Å². The smallest absolute Gasteiger partial charge is 0.274 e. The second-order valence-corrected chi connectivity index (χ2v) is 7.40. The van der Waals surface area contributed by atoms with Gasteiger partial charge in [-0.05, 0) is 77.8 Å². The third kappa shape index (κ3) is 5.42. The molecule has 2 N–H and O–H groups in total. The minimum Gasteiger partial charge on any atom is -0.480 e. The molecule has 0 spiro atoms. The lowest BCUT2D eigenvalue weighted by Crippen LogP contribution is -2.30. The number of carbonyl (C=O) groups excluding carboxylic acids is 2. The van der Waals surface area contributed by atoms with Crippen LogP contribution in [0.2, 0.25) is 0 Å². The molecule has 6 nitrogen and oxygen atoms in total. The fraction of sp³-hybridized carbons (Fsp3) is 0.136. The van der Waals surface area contributed by atoms with Crippen LogP contribution >= 0.6 is 15.9 Å². The van der Waals surface area contributed by atoms with Crippen LogP contribution in [0.15, 0.2) is 65.3 Å². The van der Waals surface area contributed by atoms with Crippen molar-refractivity contribution in [1.82, 2.24) is 4.98 Å². The highest BCUT2D eigenvalue weighted by Crippen LogP contribution is 2.28. The molecule has 154 valence electrons. The lowest BCUT2D eigenvalue weighted by atomic mass is 10.2. The number of pyridine rings is 1. The number of nitrogens with zero attached hydrogens (tertiary/aromatic N) is 1. The van der Waals surface area contributed by atoms with Crippen molar-refractivity contribution in [1.29, 1.82) is 0 Å². The number of rotatable bonds is 6. The van der Waals surface area contributed by atoms with Crippen LogP contribution < -0.4 is 15.4 Å². The second-order valence-electron chi connectivity index (χ2n) is 6.54. The molecule has 3 aromatic rings. The summed E-state index contributed by atoms with van der Waals surface area (Å²) in [5.41, 5.74) is 1.59. The summed E-state index contributed by atoms with van der Waals surface area (Å²) < 4.78 is 20.2. The minimum absolute atomic E-state index is 0.114. The van der Waals surface area contributed by atoms with Crippen molar-refractivity contribution in [2.24, 2.45) is 0 Å². The van der Waals surface area contributed by atoms with Crippen LogP contribution in [0.5, 0.6) is 5.75 Å². The normalized spacial score (nSPS) is 11.5. The average Bonchev–Trinajstić information content (AvgIpc) is 2.72. The Labute approximate surface area is 181 Å². The summed E-state index contributed by atoms with van der Waals surface area (Å²) in [7, 11) is 0. The first kappa shape index (κ1) is 21.4. The summed E-state index contributed by atoms with van der Waals surface area (Å²) in [5.74, 6) is -1.03. The molecule has 0 aliphatic heterocycles.